The van der Waals surface area contributed by atoms with Crippen molar-refractivity contribution in [2.75, 3.05) is 5.32 Å². The van der Waals surface area contributed by atoms with Gasteiger partial charge in [0.1, 0.15) is 6.33 Å². The Balaban J connectivity index is 1.75. The molecule has 6 nitrogen and oxygen atoms in total. The van der Waals surface area contributed by atoms with Gasteiger partial charge >= 0.3 is 0 Å². The first-order chi connectivity index (χ1) is 9.72. The second kappa shape index (κ2) is 5.64. The van der Waals surface area contributed by atoms with Crippen LogP contribution in [0, 0.1) is 6.92 Å². The molecule has 0 spiro atoms. The van der Waals surface area contributed by atoms with E-state index in [0.717, 1.165) is 17.5 Å². The van der Waals surface area contributed by atoms with E-state index in [2.05, 4.69) is 31.3 Å². The van der Waals surface area contributed by atoms with Crippen LogP contribution >= 0.6 is 0 Å². The smallest absolute Gasteiger partial charge is 0.203 e. The van der Waals surface area contributed by atoms with Gasteiger partial charge in [0.05, 0.1) is 12.2 Å². The molecular formula is C14H22N6. The first kappa shape index (κ1) is 13.1. The van der Waals surface area contributed by atoms with E-state index in [9.17, 15) is 0 Å². The molecule has 2 aromatic rings. The molecule has 3 rings (SSSR count). The molecule has 108 valence electrons. The standard InChI is InChI=1S/C14H22N6/c1-11-8-20(9-13-18-15-10-19(13)2)14(16-11)17-12-6-4-3-5-7-12/h8,10,12H,3-7,9H2,1-2H3,(H,16,17). The van der Waals surface area contributed by atoms with E-state index in [1.807, 2.05) is 18.5 Å². The number of nitrogens with zero attached hydrogens (tertiary/aromatic N) is 5. The normalized spacial score (nSPS) is 16.5. The van der Waals surface area contributed by atoms with Crippen molar-refractivity contribution in [2.24, 2.45) is 7.05 Å². The van der Waals surface area contributed by atoms with Gasteiger partial charge in [-0.25, -0.2) is 4.98 Å². The second-order valence-corrected chi connectivity index (χ2v) is 5.67. The predicted molar refractivity (Wildman–Crippen MR) is 77.6 cm³/mol. The van der Waals surface area contributed by atoms with Gasteiger partial charge < -0.3 is 14.5 Å². The van der Waals surface area contributed by atoms with Crippen molar-refractivity contribution in [3.8, 4) is 0 Å². The Morgan fingerprint density at radius 1 is 1.30 bits per heavy atom. The van der Waals surface area contributed by atoms with Crippen molar-refractivity contribution in [1.82, 2.24) is 24.3 Å². The van der Waals surface area contributed by atoms with Crippen LogP contribution in [0.1, 0.15) is 43.6 Å². The summed E-state index contributed by atoms with van der Waals surface area (Å²) in [6, 6.07) is 0.559. The molecular weight excluding hydrogens is 252 g/mol. The molecule has 0 saturated heterocycles. The number of aromatic nitrogens is 5. The molecule has 1 aliphatic carbocycles. The van der Waals surface area contributed by atoms with Crippen LogP contribution in [0.4, 0.5) is 5.95 Å². The highest BCUT2D eigenvalue weighted by atomic mass is 15.3. The van der Waals surface area contributed by atoms with Crippen molar-refractivity contribution in [1.29, 1.82) is 0 Å². The monoisotopic (exact) mass is 274 g/mol. The van der Waals surface area contributed by atoms with Gasteiger partial charge in [0.15, 0.2) is 5.82 Å². The van der Waals surface area contributed by atoms with Gasteiger partial charge in [0, 0.05) is 19.3 Å². The Labute approximate surface area is 119 Å². The summed E-state index contributed by atoms with van der Waals surface area (Å²) in [5, 5.41) is 11.7. The molecule has 0 atom stereocenters. The highest BCUT2D eigenvalue weighted by Gasteiger charge is 2.16. The molecule has 1 saturated carbocycles. The first-order valence-corrected chi connectivity index (χ1v) is 7.35. The van der Waals surface area contributed by atoms with Crippen LogP contribution in [-0.4, -0.2) is 30.4 Å². The maximum Gasteiger partial charge on any atom is 0.203 e. The minimum Gasteiger partial charge on any atom is -0.353 e. The second-order valence-electron chi connectivity index (χ2n) is 5.67. The van der Waals surface area contributed by atoms with Crippen molar-refractivity contribution >= 4 is 5.95 Å². The minimum atomic E-state index is 0.559. The third-order valence-electron chi connectivity index (χ3n) is 3.95. The van der Waals surface area contributed by atoms with E-state index in [4.69, 9.17) is 0 Å². The van der Waals surface area contributed by atoms with Crippen LogP contribution in [0.5, 0.6) is 0 Å². The lowest BCUT2D eigenvalue weighted by molar-refractivity contribution is 0.459. The highest BCUT2D eigenvalue weighted by Crippen LogP contribution is 2.21. The number of aryl methyl sites for hydroxylation is 2. The first-order valence-electron chi connectivity index (χ1n) is 7.35. The highest BCUT2D eigenvalue weighted by molar-refractivity contribution is 5.31. The molecule has 1 fully saturated rings. The van der Waals surface area contributed by atoms with Crippen LogP contribution in [0.3, 0.4) is 0 Å². The largest absolute Gasteiger partial charge is 0.353 e. The maximum atomic E-state index is 4.61. The third kappa shape index (κ3) is 2.84. The Bertz CT molecular complexity index is 564. The fraction of sp³-hybridized carbons (Fsp3) is 0.643. The van der Waals surface area contributed by atoms with Gasteiger partial charge in [0.2, 0.25) is 5.95 Å². The van der Waals surface area contributed by atoms with Crippen LogP contribution < -0.4 is 5.32 Å². The van der Waals surface area contributed by atoms with E-state index in [-0.39, 0.29) is 0 Å². The molecule has 0 aromatic carbocycles. The lowest BCUT2D eigenvalue weighted by atomic mass is 9.96. The van der Waals surface area contributed by atoms with E-state index >= 15 is 0 Å². The molecule has 0 radical (unpaired) electrons. The van der Waals surface area contributed by atoms with E-state index < -0.39 is 0 Å². The van der Waals surface area contributed by atoms with Gasteiger partial charge in [-0.15, -0.1) is 10.2 Å². The SMILES string of the molecule is Cc1cn(Cc2nncn2C)c(NC2CCCCC2)n1. The number of nitrogens with one attached hydrogen (secondary N) is 1. The van der Waals surface area contributed by atoms with Crippen LogP contribution in [0.2, 0.25) is 0 Å². The molecule has 20 heavy (non-hydrogen) atoms. The molecule has 0 aliphatic heterocycles. The van der Waals surface area contributed by atoms with Crippen LogP contribution in [0.25, 0.3) is 0 Å². The predicted octanol–water partition coefficient (Wildman–Crippen LogP) is 2.11. The van der Waals surface area contributed by atoms with Gasteiger partial charge in [-0.3, -0.25) is 0 Å². The number of rotatable bonds is 4. The van der Waals surface area contributed by atoms with Crippen molar-refractivity contribution in [3.63, 3.8) is 0 Å². The van der Waals surface area contributed by atoms with Gasteiger partial charge in [-0.2, -0.15) is 0 Å². The molecule has 0 bridgehead atoms. The zero-order valence-electron chi connectivity index (χ0n) is 12.2. The molecule has 2 aromatic heterocycles. The third-order valence-corrected chi connectivity index (χ3v) is 3.95. The van der Waals surface area contributed by atoms with E-state index in [1.165, 1.54) is 32.1 Å². The molecule has 1 N–H and O–H groups in total. The minimum absolute atomic E-state index is 0.559. The van der Waals surface area contributed by atoms with Gasteiger partial charge in [0.25, 0.3) is 0 Å². The summed E-state index contributed by atoms with van der Waals surface area (Å²) < 4.78 is 4.08. The van der Waals surface area contributed by atoms with E-state index in [1.54, 1.807) is 6.33 Å². The summed E-state index contributed by atoms with van der Waals surface area (Å²) in [6.07, 6.45) is 10.3. The lowest BCUT2D eigenvalue weighted by Crippen LogP contribution is -2.24. The van der Waals surface area contributed by atoms with Crippen molar-refractivity contribution in [2.45, 2.75) is 51.6 Å². The quantitative estimate of drug-likeness (QED) is 0.927. The average molecular weight is 274 g/mol. The zero-order chi connectivity index (χ0) is 13.9. The molecule has 1 aliphatic rings. The Morgan fingerprint density at radius 2 is 2.10 bits per heavy atom. The summed E-state index contributed by atoms with van der Waals surface area (Å²) in [6.45, 7) is 2.73. The van der Waals surface area contributed by atoms with Crippen molar-refractivity contribution in [3.05, 3.63) is 24.0 Å². The Kier molecular flexibility index (Phi) is 3.71. The molecule has 0 amide bonds. The van der Waals surface area contributed by atoms with Crippen molar-refractivity contribution < 1.29 is 0 Å². The zero-order valence-corrected chi connectivity index (χ0v) is 12.2. The number of anilines is 1. The average Bonchev–Trinajstić information content (AvgIpc) is 2.98. The molecule has 2 heterocycles. The van der Waals surface area contributed by atoms with Crippen LogP contribution in [-0.2, 0) is 13.6 Å². The van der Waals surface area contributed by atoms with Gasteiger partial charge in [-0.05, 0) is 19.8 Å². The van der Waals surface area contributed by atoms with Gasteiger partial charge in [-0.1, -0.05) is 19.3 Å². The fourth-order valence-electron chi connectivity index (χ4n) is 2.81. The molecule has 0 unspecified atom stereocenters. The Hall–Kier alpha value is -1.85. The number of imidazole rings is 1. The maximum absolute atomic E-state index is 4.61. The summed E-state index contributed by atoms with van der Waals surface area (Å²) in [5.74, 6) is 1.89. The van der Waals surface area contributed by atoms with E-state index in [0.29, 0.717) is 12.6 Å². The summed E-state index contributed by atoms with van der Waals surface area (Å²) in [7, 11) is 1.97. The fourth-order valence-corrected chi connectivity index (χ4v) is 2.81. The molecule has 6 heteroatoms. The Morgan fingerprint density at radius 3 is 2.80 bits per heavy atom. The summed E-state index contributed by atoms with van der Waals surface area (Å²) >= 11 is 0. The number of hydrogen-bond acceptors (Lipinski definition) is 4. The number of hydrogen-bond donors (Lipinski definition) is 1. The van der Waals surface area contributed by atoms with Crippen LogP contribution in [0.15, 0.2) is 12.5 Å². The topological polar surface area (TPSA) is 60.6 Å². The lowest BCUT2D eigenvalue weighted by Gasteiger charge is -2.23. The summed E-state index contributed by atoms with van der Waals surface area (Å²) in [4.78, 5) is 4.61. The summed E-state index contributed by atoms with van der Waals surface area (Å²) in [5.41, 5.74) is 1.03.